The van der Waals surface area contributed by atoms with Gasteiger partial charge >= 0.3 is 0 Å². The first-order valence-corrected chi connectivity index (χ1v) is 10.2. The molecular weight excluding hydrogens is 434 g/mol. The molecule has 1 amide bonds. The van der Waals surface area contributed by atoms with Gasteiger partial charge in [0.25, 0.3) is 5.69 Å². The highest BCUT2D eigenvalue weighted by atomic mass is 32.2. The first-order chi connectivity index (χ1) is 15.3. The lowest BCUT2D eigenvalue weighted by Gasteiger charge is -2.21. The van der Waals surface area contributed by atoms with Crippen molar-refractivity contribution in [3.63, 3.8) is 0 Å². The summed E-state index contributed by atoms with van der Waals surface area (Å²) in [6.07, 6.45) is 0. The van der Waals surface area contributed by atoms with Crippen molar-refractivity contribution < 1.29 is 19.2 Å². The number of methoxy groups -OCH3 is 1. The quantitative estimate of drug-likeness (QED) is 0.435. The highest BCUT2D eigenvalue weighted by Crippen LogP contribution is 2.41. The second kappa shape index (κ2) is 8.27. The Hall–Kier alpha value is -3.99. The summed E-state index contributed by atoms with van der Waals surface area (Å²) in [7, 11) is 1.55. The van der Waals surface area contributed by atoms with E-state index in [1.54, 1.807) is 37.4 Å². The first-order valence-electron chi connectivity index (χ1n) is 9.40. The number of nitrogens with zero attached hydrogens (tertiary/aromatic N) is 5. The number of fused-ring (bicyclic) bond motifs is 1. The van der Waals surface area contributed by atoms with Crippen LogP contribution in [0.4, 0.5) is 11.5 Å². The maximum absolute atomic E-state index is 12.6. The molecule has 0 fully saturated rings. The Bertz CT molecular complexity index is 1280. The molecular formula is C21H17N5O5S. The summed E-state index contributed by atoms with van der Waals surface area (Å²) in [5.41, 5.74) is 0.991. The number of carbonyl (C=O) groups is 2. The van der Waals surface area contributed by atoms with E-state index in [9.17, 15) is 19.7 Å². The Morgan fingerprint density at radius 2 is 1.78 bits per heavy atom. The highest BCUT2D eigenvalue weighted by molar-refractivity contribution is 8.14. The molecule has 0 aliphatic carbocycles. The lowest BCUT2D eigenvalue weighted by Crippen LogP contribution is -2.28. The maximum atomic E-state index is 12.6. The van der Waals surface area contributed by atoms with Crippen molar-refractivity contribution >= 4 is 40.1 Å². The topological polar surface area (TPSA) is 120 Å². The fraction of sp³-hybridized carbons (Fsp3) is 0.143. The summed E-state index contributed by atoms with van der Waals surface area (Å²) < 4.78 is 6.59. The standard InChI is InChI=1S/C21H17N5O5S/c1-12(27)24-18(14-7-9-17(31-3)10-8-14)22-19-21(24)32-20(23-25(19)13(2)28)15-5-4-6-16(11-15)26(29)30/h4-11H,1-3H3. The zero-order chi connectivity index (χ0) is 23.0. The molecule has 10 nitrogen and oxygen atoms in total. The molecule has 0 radical (unpaired) electrons. The number of hydrogen-bond acceptors (Lipinski definition) is 8. The number of ether oxygens (including phenoxy) is 1. The SMILES string of the molecule is COc1ccc(-c2nc3c(n2C(C)=O)SC(c2cccc([N+](=O)[O-])c2)=NN3C(C)=O)cc1. The lowest BCUT2D eigenvalue weighted by molar-refractivity contribution is -0.384. The van der Waals surface area contributed by atoms with Crippen LogP contribution in [0.2, 0.25) is 0 Å². The summed E-state index contributed by atoms with van der Waals surface area (Å²) in [5, 5.41) is 17.4. The van der Waals surface area contributed by atoms with E-state index in [2.05, 4.69) is 10.1 Å². The average molecular weight is 451 g/mol. The summed E-state index contributed by atoms with van der Waals surface area (Å²) in [6, 6.07) is 12.9. The lowest BCUT2D eigenvalue weighted by atomic mass is 10.2. The molecule has 162 valence electrons. The number of rotatable bonds is 4. The van der Waals surface area contributed by atoms with Crippen molar-refractivity contribution in [1.29, 1.82) is 0 Å². The van der Waals surface area contributed by atoms with Crippen molar-refractivity contribution in [2.45, 2.75) is 18.9 Å². The van der Waals surface area contributed by atoms with Crippen LogP contribution in [0.1, 0.15) is 24.2 Å². The van der Waals surface area contributed by atoms with Crippen LogP contribution in [0.15, 0.2) is 58.7 Å². The smallest absolute Gasteiger partial charge is 0.270 e. The summed E-state index contributed by atoms with van der Waals surface area (Å²) in [4.78, 5) is 40.2. The molecule has 1 aliphatic rings. The Labute approximate surface area is 186 Å². The third-order valence-corrected chi connectivity index (χ3v) is 5.74. The van der Waals surface area contributed by atoms with Crippen LogP contribution in [0, 0.1) is 10.1 Å². The van der Waals surface area contributed by atoms with Gasteiger partial charge in [0.2, 0.25) is 11.8 Å². The van der Waals surface area contributed by atoms with E-state index in [4.69, 9.17) is 4.74 Å². The zero-order valence-corrected chi connectivity index (χ0v) is 18.1. The molecule has 11 heteroatoms. The number of amides is 1. The largest absolute Gasteiger partial charge is 0.497 e. The number of thioether (sulfide) groups is 1. The molecule has 2 aromatic carbocycles. The van der Waals surface area contributed by atoms with Gasteiger partial charge in [-0.15, -0.1) is 0 Å². The molecule has 0 saturated heterocycles. The van der Waals surface area contributed by atoms with Crippen molar-refractivity contribution in [2.24, 2.45) is 5.10 Å². The molecule has 1 aliphatic heterocycles. The molecule has 0 saturated carbocycles. The summed E-state index contributed by atoms with van der Waals surface area (Å²) in [5.74, 6) is 0.498. The van der Waals surface area contributed by atoms with Crippen molar-refractivity contribution in [1.82, 2.24) is 9.55 Å². The second-order valence-corrected chi connectivity index (χ2v) is 7.77. The number of imidazole rings is 1. The molecule has 2 heterocycles. The molecule has 0 spiro atoms. The molecule has 0 N–H and O–H groups in total. The van der Waals surface area contributed by atoms with Gasteiger partial charge in [0.15, 0.2) is 5.82 Å². The fourth-order valence-electron chi connectivity index (χ4n) is 3.19. The summed E-state index contributed by atoms with van der Waals surface area (Å²) in [6.45, 7) is 2.72. The van der Waals surface area contributed by atoms with Crippen molar-refractivity contribution in [3.05, 3.63) is 64.2 Å². The number of aromatic nitrogens is 2. The van der Waals surface area contributed by atoms with Crippen LogP contribution in [0.3, 0.4) is 0 Å². The fourth-order valence-corrected chi connectivity index (χ4v) is 4.27. The molecule has 0 atom stereocenters. The van der Waals surface area contributed by atoms with Gasteiger partial charge in [-0.25, -0.2) is 4.98 Å². The molecule has 1 aromatic heterocycles. The normalized spacial score (nSPS) is 12.7. The van der Waals surface area contributed by atoms with E-state index < -0.39 is 10.8 Å². The number of nitro benzene ring substituents is 1. The molecule has 3 aromatic rings. The number of hydrazone groups is 1. The van der Waals surface area contributed by atoms with Crippen LogP contribution in [-0.2, 0) is 4.79 Å². The van der Waals surface area contributed by atoms with Crippen LogP contribution < -0.4 is 9.75 Å². The molecule has 4 rings (SSSR count). The number of hydrogen-bond donors (Lipinski definition) is 0. The molecule has 0 unspecified atom stereocenters. The van der Waals surface area contributed by atoms with Crippen molar-refractivity contribution in [3.8, 4) is 17.1 Å². The first kappa shape index (κ1) is 21.2. The van der Waals surface area contributed by atoms with Gasteiger partial charge in [0, 0.05) is 37.1 Å². The van der Waals surface area contributed by atoms with E-state index in [0.717, 1.165) is 16.8 Å². The Morgan fingerprint density at radius 3 is 2.38 bits per heavy atom. The van der Waals surface area contributed by atoms with Gasteiger partial charge in [-0.05, 0) is 36.0 Å². The monoisotopic (exact) mass is 451 g/mol. The number of carbonyl (C=O) groups excluding carboxylic acids is 2. The number of anilines is 1. The Balaban J connectivity index is 1.87. The maximum Gasteiger partial charge on any atom is 0.270 e. The van der Waals surface area contributed by atoms with E-state index in [1.807, 2.05) is 0 Å². The minimum absolute atomic E-state index is 0.107. The van der Waals surface area contributed by atoms with Gasteiger partial charge in [0.05, 0.1) is 12.0 Å². The summed E-state index contributed by atoms with van der Waals surface area (Å²) >= 11 is 1.12. The highest BCUT2D eigenvalue weighted by Gasteiger charge is 2.33. The van der Waals surface area contributed by atoms with Gasteiger partial charge in [-0.2, -0.15) is 10.1 Å². The van der Waals surface area contributed by atoms with Gasteiger partial charge in [-0.1, -0.05) is 12.1 Å². The van der Waals surface area contributed by atoms with E-state index in [0.29, 0.717) is 32.8 Å². The van der Waals surface area contributed by atoms with E-state index in [-0.39, 0.29) is 17.4 Å². The van der Waals surface area contributed by atoms with Gasteiger partial charge in [-0.3, -0.25) is 24.3 Å². The average Bonchev–Trinajstić information content (AvgIpc) is 3.18. The van der Waals surface area contributed by atoms with E-state index >= 15 is 0 Å². The third kappa shape index (κ3) is 3.73. The molecule has 0 bridgehead atoms. The van der Waals surface area contributed by atoms with Crippen LogP contribution in [-0.4, -0.2) is 38.4 Å². The minimum Gasteiger partial charge on any atom is -0.497 e. The van der Waals surface area contributed by atoms with Crippen LogP contribution in [0.25, 0.3) is 11.4 Å². The zero-order valence-electron chi connectivity index (χ0n) is 17.3. The number of non-ortho nitro benzene ring substituents is 1. The third-order valence-electron chi connectivity index (χ3n) is 4.67. The van der Waals surface area contributed by atoms with Crippen LogP contribution in [0.5, 0.6) is 5.75 Å². The predicted molar refractivity (Wildman–Crippen MR) is 119 cm³/mol. The van der Waals surface area contributed by atoms with Crippen molar-refractivity contribution in [2.75, 3.05) is 12.1 Å². The number of nitro groups is 1. The Kier molecular flexibility index (Phi) is 5.49. The molecule has 32 heavy (non-hydrogen) atoms. The minimum atomic E-state index is -0.507. The van der Waals surface area contributed by atoms with Gasteiger partial charge in [0.1, 0.15) is 21.6 Å². The number of benzene rings is 2. The second-order valence-electron chi connectivity index (χ2n) is 6.79. The van der Waals surface area contributed by atoms with Crippen LogP contribution >= 0.6 is 11.8 Å². The van der Waals surface area contributed by atoms with Gasteiger partial charge < -0.3 is 4.74 Å². The predicted octanol–water partition coefficient (Wildman–Crippen LogP) is 3.95. The Morgan fingerprint density at radius 1 is 1.06 bits per heavy atom. The van der Waals surface area contributed by atoms with E-state index in [1.165, 1.54) is 36.6 Å².